The zero-order valence-electron chi connectivity index (χ0n) is 11.4. The number of hydrogen-bond acceptors (Lipinski definition) is 6. The number of esters is 1. The summed E-state index contributed by atoms with van der Waals surface area (Å²) in [6.07, 6.45) is 4.01. The van der Waals surface area contributed by atoms with Crippen LogP contribution in [0, 0.1) is 0 Å². The molecule has 7 heteroatoms. The topological polar surface area (TPSA) is 54.5 Å². The Morgan fingerprint density at radius 3 is 2.95 bits per heavy atom. The maximum atomic E-state index is 11.5. The van der Waals surface area contributed by atoms with Crippen molar-refractivity contribution in [3.63, 3.8) is 0 Å². The molecule has 0 spiro atoms. The molecular weight excluding hydrogens is 298 g/mol. The Labute approximate surface area is 127 Å². The number of rotatable bonds is 5. The first kappa shape index (κ1) is 15.3. The van der Waals surface area contributed by atoms with E-state index >= 15 is 0 Å². The van der Waals surface area contributed by atoms with E-state index in [1.54, 1.807) is 0 Å². The lowest BCUT2D eigenvalue weighted by Gasteiger charge is -2.31. The number of ether oxygens (including phenoxy) is 1. The van der Waals surface area contributed by atoms with E-state index in [1.165, 1.54) is 18.4 Å². The summed E-state index contributed by atoms with van der Waals surface area (Å²) in [4.78, 5) is 18.4. The zero-order valence-corrected chi connectivity index (χ0v) is 13.0. The molecule has 20 heavy (non-hydrogen) atoms. The lowest BCUT2D eigenvalue weighted by molar-refractivity contribution is 0.0606. The van der Waals surface area contributed by atoms with E-state index in [9.17, 15) is 4.79 Å². The average molecular weight is 316 g/mol. The van der Waals surface area contributed by atoms with Gasteiger partial charge in [-0.25, -0.2) is 9.78 Å². The van der Waals surface area contributed by atoms with Crippen LogP contribution < -0.4 is 5.32 Å². The molecule has 1 aromatic rings. The number of carbonyl (C=O) groups excluding carboxylic acids is 1. The molecule has 0 amide bonds. The number of piperidine rings is 1. The predicted molar refractivity (Wildman–Crippen MR) is 81.7 cm³/mol. The zero-order chi connectivity index (χ0) is 14.5. The van der Waals surface area contributed by atoms with E-state index in [2.05, 4.69) is 26.5 Å². The van der Waals surface area contributed by atoms with Crippen LogP contribution in [0.3, 0.4) is 0 Å². The van der Waals surface area contributed by atoms with Crippen molar-refractivity contribution in [1.82, 2.24) is 9.88 Å². The van der Waals surface area contributed by atoms with Gasteiger partial charge in [0.25, 0.3) is 0 Å². The fourth-order valence-corrected chi connectivity index (χ4v) is 3.38. The van der Waals surface area contributed by atoms with E-state index in [1.807, 2.05) is 6.08 Å². The lowest BCUT2D eigenvalue weighted by Crippen LogP contribution is -2.39. The van der Waals surface area contributed by atoms with Gasteiger partial charge in [-0.05, 0) is 12.8 Å². The first-order chi connectivity index (χ1) is 9.63. The van der Waals surface area contributed by atoms with Crippen molar-refractivity contribution in [2.24, 2.45) is 0 Å². The van der Waals surface area contributed by atoms with Crippen LogP contribution in [0.15, 0.2) is 12.7 Å². The van der Waals surface area contributed by atoms with Crippen molar-refractivity contribution in [2.75, 3.05) is 32.1 Å². The maximum absolute atomic E-state index is 11.5. The van der Waals surface area contributed by atoms with Gasteiger partial charge >= 0.3 is 5.97 Å². The number of hydrogen-bond donors (Lipinski definition) is 1. The highest BCUT2D eigenvalue weighted by Gasteiger charge is 2.22. The minimum atomic E-state index is -0.443. The Hall–Kier alpha value is -1.11. The fourth-order valence-electron chi connectivity index (χ4n) is 2.20. The van der Waals surface area contributed by atoms with Crippen molar-refractivity contribution in [2.45, 2.75) is 18.9 Å². The summed E-state index contributed by atoms with van der Waals surface area (Å²) in [6.45, 7) is 6.76. The normalized spacial score (nSPS) is 16.9. The summed E-state index contributed by atoms with van der Waals surface area (Å²) in [5.41, 5.74) is 0. The van der Waals surface area contributed by atoms with Crippen molar-refractivity contribution >= 4 is 34.0 Å². The molecule has 1 aromatic heterocycles. The molecule has 0 aromatic carbocycles. The van der Waals surface area contributed by atoms with E-state index in [0.29, 0.717) is 16.1 Å². The van der Waals surface area contributed by atoms with E-state index in [0.717, 1.165) is 32.5 Å². The third-order valence-electron chi connectivity index (χ3n) is 3.26. The number of carbonyl (C=O) groups is 1. The van der Waals surface area contributed by atoms with Crippen LogP contribution in [0.25, 0.3) is 0 Å². The third kappa shape index (κ3) is 3.71. The molecule has 1 N–H and O–H groups in total. The largest absolute Gasteiger partial charge is 0.465 e. The Bertz CT molecular complexity index is 484. The predicted octanol–water partition coefficient (Wildman–Crippen LogP) is 2.65. The van der Waals surface area contributed by atoms with Gasteiger partial charge in [0.15, 0.2) is 15.2 Å². The monoisotopic (exact) mass is 315 g/mol. The second kappa shape index (κ2) is 7.06. The number of nitrogens with one attached hydrogen (secondary N) is 1. The highest BCUT2D eigenvalue weighted by atomic mass is 35.5. The summed E-state index contributed by atoms with van der Waals surface area (Å²) in [5, 5.41) is 4.23. The van der Waals surface area contributed by atoms with Crippen molar-refractivity contribution < 1.29 is 9.53 Å². The fraction of sp³-hybridized carbons (Fsp3) is 0.538. The molecule has 1 fully saturated rings. The average Bonchev–Trinajstić information content (AvgIpc) is 2.81. The number of aromatic nitrogens is 1. The molecule has 0 bridgehead atoms. The van der Waals surface area contributed by atoms with Crippen LogP contribution in [0.2, 0.25) is 5.15 Å². The smallest absolute Gasteiger partial charge is 0.351 e. The molecule has 0 unspecified atom stereocenters. The van der Waals surface area contributed by atoms with Gasteiger partial charge < -0.3 is 10.1 Å². The lowest BCUT2D eigenvalue weighted by atomic mass is 10.1. The minimum Gasteiger partial charge on any atom is -0.465 e. The molecule has 5 nitrogen and oxygen atoms in total. The standard InChI is InChI=1S/C13H18ClN3O2S/c1-3-6-17-7-4-9(5-8-17)15-13-16-11(14)10(20-13)12(18)19-2/h3,9H,1,4-8H2,2H3,(H,15,16). The highest BCUT2D eigenvalue weighted by molar-refractivity contribution is 7.18. The first-order valence-corrected chi connectivity index (χ1v) is 7.68. The number of likely N-dealkylation sites (tertiary alicyclic amines) is 1. The van der Waals surface area contributed by atoms with E-state index < -0.39 is 5.97 Å². The summed E-state index contributed by atoms with van der Waals surface area (Å²) < 4.78 is 4.66. The van der Waals surface area contributed by atoms with Crippen LogP contribution in [-0.4, -0.2) is 48.6 Å². The summed E-state index contributed by atoms with van der Waals surface area (Å²) >= 11 is 7.18. The molecule has 110 valence electrons. The number of anilines is 1. The summed E-state index contributed by atoms with van der Waals surface area (Å²) in [5.74, 6) is -0.443. The van der Waals surface area contributed by atoms with Gasteiger partial charge in [0, 0.05) is 25.7 Å². The van der Waals surface area contributed by atoms with Gasteiger partial charge in [-0.3, -0.25) is 4.90 Å². The second-order valence-electron chi connectivity index (χ2n) is 4.64. The molecular formula is C13H18ClN3O2S. The molecule has 1 aliphatic heterocycles. The SMILES string of the molecule is C=CCN1CCC(Nc2nc(Cl)c(C(=O)OC)s2)CC1. The number of methoxy groups -OCH3 is 1. The van der Waals surface area contributed by atoms with Gasteiger partial charge in [0.05, 0.1) is 7.11 Å². The quantitative estimate of drug-likeness (QED) is 0.668. The number of nitrogens with zero attached hydrogens (tertiary/aromatic N) is 2. The molecule has 2 heterocycles. The van der Waals surface area contributed by atoms with Crippen LogP contribution in [0.1, 0.15) is 22.5 Å². The molecule has 0 saturated carbocycles. The van der Waals surface area contributed by atoms with E-state index in [-0.39, 0.29) is 5.15 Å². The maximum Gasteiger partial charge on any atom is 0.351 e. The Kier molecular flexibility index (Phi) is 5.39. The highest BCUT2D eigenvalue weighted by Crippen LogP contribution is 2.29. The van der Waals surface area contributed by atoms with Crippen LogP contribution in [-0.2, 0) is 4.74 Å². The van der Waals surface area contributed by atoms with Crippen molar-refractivity contribution in [3.05, 3.63) is 22.7 Å². The Balaban J connectivity index is 1.91. The van der Waals surface area contributed by atoms with Gasteiger partial charge in [-0.15, -0.1) is 6.58 Å². The summed E-state index contributed by atoms with van der Waals surface area (Å²) in [7, 11) is 1.33. The van der Waals surface area contributed by atoms with Gasteiger partial charge in [0.1, 0.15) is 0 Å². The van der Waals surface area contributed by atoms with E-state index in [4.69, 9.17) is 11.6 Å². The molecule has 2 rings (SSSR count). The van der Waals surface area contributed by atoms with Gasteiger partial charge in [0.2, 0.25) is 0 Å². The molecule has 0 atom stereocenters. The Morgan fingerprint density at radius 1 is 1.65 bits per heavy atom. The molecule has 1 aliphatic rings. The molecule has 1 saturated heterocycles. The van der Waals surface area contributed by atoms with Gasteiger partial charge in [-0.2, -0.15) is 0 Å². The third-order valence-corrected chi connectivity index (χ3v) is 4.61. The number of thiazole rings is 1. The minimum absolute atomic E-state index is 0.202. The van der Waals surface area contributed by atoms with Crippen LogP contribution in [0.4, 0.5) is 5.13 Å². The summed E-state index contributed by atoms with van der Waals surface area (Å²) in [6, 6.07) is 0.365. The first-order valence-electron chi connectivity index (χ1n) is 6.48. The number of halogens is 1. The molecule has 0 aliphatic carbocycles. The van der Waals surface area contributed by atoms with Gasteiger partial charge in [-0.1, -0.05) is 29.0 Å². The second-order valence-corrected chi connectivity index (χ2v) is 6.00. The van der Waals surface area contributed by atoms with Crippen LogP contribution in [0.5, 0.6) is 0 Å². The Morgan fingerprint density at radius 2 is 2.35 bits per heavy atom. The van der Waals surface area contributed by atoms with Crippen molar-refractivity contribution in [3.8, 4) is 0 Å². The van der Waals surface area contributed by atoms with Crippen LogP contribution >= 0.6 is 22.9 Å². The molecule has 0 radical (unpaired) electrons. The van der Waals surface area contributed by atoms with Crippen molar-refractivity contribution in [1.29, 1.82) is 0 Å².